The Morgan fingerprint density at radius 2 is 1.71 bits per heavy atom. The lowest BCUT2D eigenvalue weighted by atomic mass is 10.1. The molecular weight excluding hydrogens is 198 g/mol. The van der Waals surface area contributed by atoms with Crippen molar-refractivity contribution in [3.05, 3.63) is 47.7 Å². The molecule has 0 bridgehead atoms. The van der Waals surface area contributed by atoms with Gasteiger partial charge in [-0.15, -0.1) is 0 Å². The third kappa shape index (κ3) is 1.86. The molecule has 1 aromatic carbocycles. The van der Waals surface area contributed by atoms with Crippen molar-refractivity contribution in [3.8, 4) is 16.9 Å². The SMILES string of the molecule is Oc1cncc(-c2ccc(Cl)cc2)c1. The lowest BCUT2D eigenvalue weighted by molar-refractivity contribution is 0.473. The van der Waals surface area contributed by atoms with Crippen LogP contribution in [0, 0.1) is 0 Å². The minimum atomic E-state index is 0.164. The first-order chi connectivity index (χ1) is 6.75. The van der Waals surface area contributed by atoms with E-state index in [0.717, 1.165) is 11.1 Å². The van der Waals surface area contributed by atoms with Crippen LogP contribution in [0.5, 0.6) is 5.75 Å². The molecule has 2 aromatic rings. The Morgan fingerprint density at radius 3 is 2.36 bits per heavy atom. The molecule has 2 rings (SSSR count). The maximum Gasteiger partial charge on any atom is 0.134 e. The number of pyridine rings is 1. The predicted molar refractivity (Wildman–Crippen MR) is 56.3 cm³/mol. The normalized spacial score (nSPS) is 10.1. The summed E-state index contributed by atoms with van der Waals surface area (Å²) in [6.07, 6.45) is 3.10. The molecule has 0 aliphatic rings. The van der Waals surface area contributed by atoms with Crippen molar-refractivity contribution in [1.29, 1.82) is 0 Å². The number of nitrogens with zero attached hydrogens (tertiary/aromatic N) is 1. The highest BCUT2D eigenvalue weighted by Crippen LogP contribution is 2.23. The Morgan fingerprint density at radius 1 is 1.00 bits per heavy atom. The van der Waals surface area contributed by atoms with E-state index in [0.29, 0.717) is 5.02 Å². The van der Waals surface area contributed by atoms with Crippen LogP contribution >= 0.6 is 11.6 Å². The Kier molecular flexibility index (Phi) is 2.37. The summed E-state index contributed by atoms with van der Waals surface area (Å²) in [5, 5.41) is 9.94. The molecule has 0 aliphatic carbocycles. The highest BCUT2D eigenvalue weighted by molar-refractivity contribution is 6.30. The Hall–Kier alpha value is -1.54. The summed E-state index contributed by atoms with van der Waals surface area (Å²) in [5.74, 6) is 0.164. The zero-order valence-corrected chi connectivity index (χ0v) is 8.07. The number of aromatic nitrogens is 1. The van der Waals surface area contributed by atoms with Crippen LogP contribution in [-0.4, -0.2) is 10.1 Å². The van der Waals surface area contributed by atoms with Crippen LogP contribution < -0.4 is 0 Å². The second-order valence-corrected chi connectivity index (χ2v) is 3.38. The molecule has 3 heteroatoms. The summed E-state index contributed by atoms with van der Waals surface area (Å²) in [6, 6.07) is 9.05. The van der Waals surface area contributed by atoms with Crippen LogP contribution in [0.15, 0.2) is 42.7 Å². The summed E-state index contributed by atoms with van der Waals surface area (Å²) >= 11 is 5.77. The van der Waals surface area contributed by atoms with Gasteiger partial charge in [-0.05, 0) is 23.8 Å². The number of aromatic hydroxyl groups is 1. The first-order valence-electron chi connectivity index (χ1n) is 4.16. The van der Waals surface area contributed by atoms with Crippen LogP contribution in [0.25, 0.3) is 11.1 Å². The van der Waals surface area contributed by atoms with Crippen LogP contribution in [0.3, 0.4) is 0 Å². The number of hydrogen-bond donors (Lipinski definition) is 1. The van der Waals surface area contributed by atoms with Crippen molar-refractivity contribution >= 4 is 11.6 Å². The molecule has 2 nitrogen and oxygen atoms in total. The number of hydrogen-bond acceptors (Lipinski definition) is 2. The van der Waals surface area contributed by atoms with Crippen LogP contribution in [0.1, 0.15) is 0 Å². The number of halogens is 1. The highest BCUT2D eigenvalue weighted by atomic mass is 35.5. The summed E-state index contributed by atoms with van der Waals surface area (Å²) < 4.78 is 0. The molecule has 0 fully saturated rings. The fourth-order valence-corrected chi connectivity index (χ4v) is 1.35. The summed E-state index contributed by atoms with van der Waals surface area (Å²) in [7, 11) is 0. The van der Waals surface area contributed by atoms with Crippen molar-refractivity contribution in [2.75, 3.05) is 0 Å². The molecule has 0 radical (unpaired) electrons. The molecule has 0 saturated heterocycles. The van der Waals surface area contributed by atoms with E-state index in [1.807, 2.05) is 12.1 Å². The van der Waals surface area contributed by atoms with E-state index >= 15 is 0 Å². The Balaban J connectivity index is 2.44. The molecule has 0 amide bonds. The second-order valence-electron chi connectivity index (χ2n) is 2.94. The topological polar surface area (TPSA) is 33.1 Å². The minimum Gasteiger partial charge on any atom is -0.506 e. The average Bonchev–Trinajstić information content (AvgIpc) is 2.19. The lowest BCUT2D eigenvalue weighted by Gasteiger charge is -2.01. The van der Waals surface area contributed by atoms with E-state index in [1.165, 1.54) is 6.20 Å². The van der Waals surface area contributed by atoms with Gasteiger partial charge in [-0.2, -0.15) is 0 Å². The smallest absolute Gasteiger partial charge is 0.134 e. The monoisotopic (exact) mass is 205 g/mol. The third-order valence-corrected chi connectivity index (χ3v) is 2.15. The summed E-state index contributed by atoms with van der Waals surface area (Å²) in [4.78, 5) is 3.90. The molecule has 14 heavy (non-hydrogen) atoms. The molecule has 1 N–H and O–H groups in total. The number of benzene rings is 1. The van der Waals surface area contributed by atoms with Gasteiger partial charge in [0.25, 0.3) is 0 Å². The van der Waals surface area contributed by atoms with Gasteiger partial charge in [0.05, 0.1) is 6.20 Å². The van der Waals surface area contributed by atoms with Crippen molar-refractivity contribution in [3.63, 3.8) is 0 Å². The van der Waals surface area contributed by atoms with Gasteiger partial charge in [-0.3, -0.25) is 4.98 Å². The molecule has 0 saturated carbocycles. The molecule has 0 atom stereocenters. The van der Waals surface area contributed by atoms with E-state index in [4.69, 9.17) is 11.6 Å². The molecular formula is C11H8ClNO. The standard InChI is InChI=1S/C11H8ClNO/c12-10-3-1-8(2-4-10)9-5-11(14)7-13-6-9/h1-7,14H. The van der Waals surface area contributed by atoms with E-state index < -0.39 is 0 Å². The van der Waals surface area contributed by atoms with Crippen LogP contribution in [-0.2, 0) is 0 Å². The summed E-state index contributed by atoms with van der Waals surface area (Å²) in [6.45, 7) is 0. The van der Waals surface area contributed by atoms with Crippen molar-refractivity contribution in [1.82, 2.24) is 4.98 Å². The molecule has 1 heterocycles. The van der Waals surface area contributed by atoms with Crippen molar-refractivity contribution in [2.45, 2.75) is 0 Å². The largest absolute Gasteiger partial charge is 0.506 e. The highest BCUT2D eigenvalue weighted by Gasteiger charge is 1.98. The van der Waals surface area contributed by atoms with Gasteiger partial charge in [0, 0.05) is 16.8 Å². The van der Waals surface area contributed by atoms with Gasteiger partial charge in [-0.1, -0.05) is 23.7 Å². The molecule has 70 valence electrons. The van der Waals surface area contributed by atoms with Gasteiger partial charge >= 0.3 is 0 Å². The van der Waals surface area contributed by atoms with E-state index in [1.54, 1.807) is 24.4 Å². The van der Waals surface area contributed by atoms with E-state index in [2.05, 4.69) is 4.98 Å². The maximum absolute atomic E-state index is 9.24. The van der Waals surface area contributed by atoms with Gasteiger partial charge in [0.15, 0.2) is 0 Å². The first kappa shape index (κ1) is 9.03. The van der Waals surface area contributed by atoms with Gasteiger partial charge < -0.3 is 5.11 Å². The zero-order chi connectivity index (χ0) is 9.97. The van der Waals surface area contributed by atoms with E-state index in [9.17, 15) is 5.11 Å². The maximum atomic E-state index is 9.24. The molecule has 1 aromatic heterocycles. The predicted octanol–water partition coefficient (Wildman–Crippen LogP) is 3.11. The van der Waals surface area contributed by atoms with Crippen LogP contribution in [0.4, 0.5) is 0 Å². The Bertz CT molecular complexity index is 439. The fourth-order valence-electron chi connectivity index (χ4n) is 1.23. The van der Waals surface area contributed by atoms with Gasteiger partial charge in [0.1, 0.15) is 5.75 Å². The quantitative estimate of drug-likeness (QED) is 0.776. The lowest BCUT2D eigenvalue weighted by Crippen LogP contribution is -1.79. The van der Waals surface area contributed by atoms with Crippen LogP contribution in [0.2, 0.25) is 5.02 Å². The summed E-state index contributed by atoms with van der Waals surface area (Å²) in [5.41, 5.74) is 1.86. The molecule has 0 unspecified atom stereocenters. The van der Waals surface area contributed by atoms with E-state index in [-0.39, 0.29) is 5.75 Å². The average molecular weight is 206 g/mol. The van der Waals surface area contributed by atoms with Gasteiger partial charge in [0.2, 0.25) is 0 Å². The number of rotatable bonds is 1. The second kappa shape index (κ2) is 3.68. The molecule has 0 aliphatic heterocycles. The minimum absolute atomic E-state index is 0.164. The van der Waals surface area contributed by atoms with Gasteiger partial charge in [-0.25, -0.2) is 0 Å². The molecule has 0 spiro atoms. The fraction of sp³-hybridized carbons (Fsp3) is 0. The zero-order valence-electron chi connectivity index (χ0n) is 7.31. The van der Waals surface area contributed by atoms with Crippen molar-refractivity contribution < 1.29 is 5.11 Å². The van der Waals surface area contributed by atoms with Crippen molar-refractivity contribution in [2.24, 2.45) is 0 Å². The third-order valence-electron chi connectivity index (χ3n) is 1.90. The Labute approximate surface area is 86.8 Å². The first-order valence-corrected chi connectivity index (χ1v) is 4.53.